The molecule has 1 aliphatic rings. The van der Waals surface area contributed by atoms with Crippen molar-refractivity contribution in [1.82, 2.24) is 14.3 Å². The minimum atomic E-state index is -3.27. The van der Waals surface area contributed by atoms with Crippen LogP contribution in [0.15, 0.2) is 0 Å². The second-order valence-corrected chi connectivity index (χ2v) is 6.64. The van der Waals surface area contributed by atoms with Crippen molar-refractivity contribution in [3.05, 3.63) is 0 Å². The molecular formula is C11H25N3O2S. The maximum absolute atomic E-state index is 11.9. The van der Waals surface area contributed by atoms with Gasteiger partial charge < -0.3 is 5.32 Å². The second-order valence-electron chi connectivity index (χ2n) is 4.78. The SMILES string of the molecule is CNCCCN(C)S(=O)(=O)NCC1CCCC1. The van der Waals surface area contributed by atoms with Gasteiger partial charge in [0.2, 0.25) is 0 Å². The van der Waals surface area contributed by atoms with Crippen molar-refractivity contribution in [1.29, 1.82) is 0 Å². The molecule has 0 unspecified atom stereocenters. The third-order valence-electron chi connectivity index (χ3n) is 3.34. The normalized spacial score (nSPS) is 18.1. The zero-order valence-corrected chi connectivity index (χ0v) is 11.7. The smallest absolute Gasteiger partial charge is 0.279 e. The van der Waals surface area contributed by atoms with E-state index in [-0.39, 0.29) is 0 Å². The van der Waals surface area contributed by atoms with E-state index in [1.54, 1.807) is 7.05 Å². The summed E-state index contributed by atoms with van der Waals surface area (Å²) in [6.45, 7) is 1.99. The Balaban J connectivity index is 2.27. The number of nitrogens with zero attached hydrogens (tertiary/aromatic N) is 1. The average Bonchev–Trinajstić information content (AvgIpc) is 2.79. The number of rotatable bonds is 8. The summed E-state index contributed by atoms with van der Waals surface area (Å²) in [5, 5.41) is 3.01. The van der Waals surface area contributed by atoms with Crippen molar-refractivity contribution in [2.75, 3.05) is 33.7 Å². The fourth-order valence-electron chi connectivity index (χ4n) is 2.15. The van der Waals surface area contributed by atoms with Crippen molar-refractivity contribution >= 4 is 10.2 Å². The summed E-state index contributed by atoms with van der Waals surface area (Å²) >= 11 is 0. The summed E-state index contributed by atoms with van der Waals surface area (Å²) in [6, 6.07) is 0. The molecule has 1 aliphatic carbocycles. The minimum Gasteiger partial charge on any atom is -0.320 e. The first-order chi connectivity index (χ1) is 8.06. The molecule has 0 saturated heterocycles. The molecule has 0 aromatic heterocycles. The highest BCUT2D eigenvalue weighted by Gasteiger charge is 2.20. The van der Waals surface area contributed by atoms with Gasteiger partial charge in [0.25, 0.3) is 10.2 Å². The molecule has 0 atom stereocenters. The van der Waals surface area contributed by atoms with Gasteiger partial charge in [-0.15, -0.1) is 0 Å². The Hall–Kier alpha value is -0.170. The number of hydrogen-bond donors (Lipinski definition) is 2. The van der Waals surface area contributed by atoms with Gasteiger partial charge in [-0.3, -0.25) is 0 Å². The van der Waals surface area contributed by atoms with Crippen LogP contribution in [0, 0.1) is 5.92 Å². The lowest BCUT2D eigenvalue weighted by Gasteiger charge is -2.19. The maximum Gasteiger partial charge on any atom is 0.279 e. The number of hydrogen-bond acceptors (Lipinski definition) is 3. The van der Waals surface area contributed by atoms with E-state index >= 15 is 0 Å². The molecule has 1 fully saturated rings. The van der Waals surface area contributed by atoms with E-state index in [4.69, 9.17) is 0 Å². The molecule has 0 aromatic rings. The van der Waals surface area contributed by atoms with Gasteiger partial charge >= 0.3 is 0 Å². The maximum atomic E-state index is 11.9. The van der Waals surface area contributed by atoms with Crippen LogP contribution >= 0.6 is 0 Å². The quantitative estimate of drug-likeness (QED) is 0.629. The summed E-state index contributed by atoms with van der Waals surface area (Å²) in [7, 11) is 0.227. The van der Waals surface area contributed by atoms with Gasteiger partial charge in [-0.25, -0.2) is 4.72 Å². The van der Waals surface area contributed by atoms with E-state index in [2.05, 4.69) is 10.0 Å². The first-order valence-corrected chi connectivity index (χ1v) is 7.86. The van der Waals surface area contributed by atoms with Crippen LogP contribution < -0.4 is 10.0 Å². The summed E-state index contributed by atoms with van der Waals surface area (Å²) in [5.41, 5.74) is 0. The fourth-order valence-corrected chi connectivity index (χ4v) is 3.18. The fraction of sp³-hybridized carbons (Fsp3) is 1.00. The molecule has 6 heteroatoms. The van der Waals surface area contributed by atoms with Crippen LogP contribution in [-0.2, 0) is 10.2 Å². The van der Waals surface area contributed by atoms with Crippen molar-refractivity contribution in [2.24, 2.45) is 5.92 Å². The molecule has 0 spiro atoms. The number of nitrogens with one attached hydrogen (secondary N) is 2. The predicted molar refractivity (Wildman–Crippen MR) is 70.1 cm³/mol. The first kappa shape index (κ1) is 14.9. The van der Waals surface area contributed by atoms with Gasteiger partial charge in [-0.05, 0) is 38.8 Å². The molecule has 1 saturated carbocycles. The van der Waals surface area contributed by atoms with Crippen molar-refractivity contribution in [3.8, 4) is 0 Å². The minimum absolute atomic E-state index is 0.537. The van der Waals surface area contributed by atoms with Crippen LogP contribution in [0.4, 0.5) is 0 Å². The monoisotopic (exact) mass is 263 g/mol. The molecular weight excluding hydrogens is 238 g/mol. The molecule has 0 aromatic carbocycles. The third-order valence-corrected chi connectivity index (χ3v) is 4.87. The van der Waals surface area contributed by atoms with E-state index < -0.39 is 10.2 Å². The van der Waals surface area contributed by atoms with Gasteiger partial charge in [0.05, 0.1) is 0 Å². The Bertz CT molecular complexity index is 300. The van der Waals surface area contributed by atoms with Crippen LogP contribution in [0.1, 0.15) is 32.1 Å². The van der Waals surface area contributed by atoms with Gasteiger partial charge in [-0.2, -0.15) is 12.7 Å². The zero-order chi connectivity index (χ0) is 12.7. The highest BCUT2D eigenvalue weighted by Crippen LogP contribution is 2.23. The lowest BCUT2D eigenvalue weighted by Crippen LogP contribution is -2.41. The first-order valence-electron chi connectivity index (χ1n) is 6.42. The lowest BCUT2D eigenvalue weighted by atomic mass is 10.1. The summed E-state index contributed by atoms with van der Waals surface area (Å²) < 4.78 is 27.9. The molecule has 5 nitrogen and oxygen atoms in total. The van der Waals surface area contributed by atoms with Crippen molar-refractivity contribution < 1.29 is 8.42 Å². The molecule has 2 N–H and O–H groups in total. The Morgan fingerprint density at radius 2 is 1.94 bits per heavy atom. The molecule has 17 heavy (non-hydrogen) atoms. The van der Waals surface area contributed by atoms with Crippen LogP contribution in [0.5, 0.6) is 0 Å². The third kappa shape index (κ3) is 5.33. The summed E-state index contributed by atoms with van der Waals surface area (Å²) in [6.07, 6.45) is 5.63. The highest BCUT2D eigenvalue weighted by atomic mass is 32.2. The van der Waals surface area contributed by atoms with Gasteiger partial charge in [-0.1, -0.05) is 12.8 Å². The molecule has 0 aliphatic heterocycles. The highest BCUT2D eigenvalue weighted by molar-refractivity contribution is 7.87. The summed E-state index contributed by atoms with van der Waals surface area (Å²) in [5.74, 6) is 0.537. The second kappa shape index (κ2) is 7.31. The van der Waals surface area contributed by atoms with Crippen LogP contribution in [0.2, 0.25) is 0 Å². The Labute approximate surface area is 105 Å². The van der Waals surface area contributed by atoms with E-state index in [0.29, 0.717) is 19.0 Å². The Morgan fingerprint density at radius 3 is 2.53 bits per heavy atom. The standard InChI is InChI=1S/C11H25N3O2S/c1-12-8-5-9-14(2)17(15,16)13-10-11-6-3-4-7-11/h11-13H,3-10H2,1-2H3. The van der Waals surface area contributed by atoms with Gasteiger partial charge in [0.1, 0.15) is 0 Å². The van der Waals surface area contributed by atoms with E-state index in [1.807, 2.05) is 7.05 Å². The topological polar surface area (TPSA) is 61.4 Å². The van der Waals surface area contributed by atoms with Crippen molar-refractivity contribution in [3.63, 3.8) is 0 Å². The van der Waals surface area contributed by atoms with Crippen LogP contribution in [-0.4, -0.2) is 46.5 Å². The molecule has 0 radical (unpaired) electrons. The summed E-state index contributed by atoms with van der Waals surface area (Å²) in [4.78, 5) is 0. The molecule has 0 heterocycles. The largest absolute Gasteiger partial charge is 0.320 e. The Kier molecular flexibility index (Phi) is 6.40. The molecule has 1 rings (SSSR count). The van der Waals surface area contributed by atoms with E-state index in [0.717, 1.165) is 25.8 Å². The van der Waals surface area contributed by atoms with E-state index in [9.17, 15) is 8.42 Å². The van der Waals surface area contributed by atoms with Gasteiger partial charge in [0.15, 0.2) is 0 Å². The van der Waals surface area contributed by atoms with Crippen LogP contribution in [0.3, 0.4) is 0 Å². The molecule has 0 amide bonds. The van der Waals surface area contributed by atoms with Gasteiger partial charge in [0, 0.05) is 20.1 Å². The zero-order valence-electron chi connectivity index (χ0n) is 10.9. The van der Waals surface area contributed by atoms with Crippen LogP contribution in [0.25, 0.3) is 0 Å². The predicted octanol–water partition coefficient (Wildman–Crippen LogP) is 0.552. The molecule has 0 bridgehead atoms. The lowest BCUT2D eigenvalue weighted by molar-refractivity contribution is 0.437. The average molecular weight is 263 g/mol. The molecule has 102 valence electrons. The van der Waals surface area contributed by atoms with Crippen molar-refractivity contribution in [2.45, 2.75) is 32.1 Å². The van der Waals surface area contributed by atoms with E-state index in [1.165, 1.54) is 17.1 Å². The Morgan fingerprint density at radius 1 is 1.29 bits per heavy atom.